The van der Waals surface area contributed by atoms with Gasteiger partial charge in [-0.25, -0.2) is 4.98 Å². The van der Waals surface area contributed by atoms with Gasteiger partial charge in [0.2, 0.25) is 17.6 Å². The lowest BCUT2D eigenvalue weighted by molar-refractivity contribution is 0.00293. The van der Waals surface area contributed by atoms with Gasteiger partial charge in [0, 0.05) is 51.9 Å². The molecule has 4 rings (SSSR count). The molecular weight excluding hydrogens is 596 g/mol. The summed E-state index contributed by atoms with van der Waals surface area (Å²) in [4.78, 5) is 16.1. The number of ether oxygens (including phenoxy) is 3. The highest BCUT2D eigenvalue weighted by Gasteiger charge is 2.44. The van der Waals surface area contributed by atoms with Gasteiger partial charge >= 0.3 is 0 Å². The smallest absolute Gasteiger partial charge is 0.217 e. The third kappa shape index (κ3) is 6.85. The first-order valence-electron chi connectivity index (χ1n) is 14.2. The second-order valence-corrected chi connectivity index (χ2v) is 12.0. The lowest BCUT2D eigenvalue weighted by Gasteiger charge is -2.39. The van der Waals surface area contributed by atoms with E-state index in [2.05, 4.69) is 36.9 Å². The summed E-state index contributed by atoms with van der Waals surface area (Å²) < 4.78 is 18.8. The highest BCUT2D eigenvalue weighted by molar-refractivity contribution is 9.10. The predicted octanol–water partition coefficient (Wildman–Crippen LogP) is 6.57. The number of fused-ring (bicyclic) bond motifs is 1. The molecule has 3 aromatic heterocycles. The van der Waals surface area contributed by atoms with Gasteiger partial charge in [-0.15, -0.1) is 0 Å². The van der Waals surface area contributed by atoms with Gasteiger partial charge in [-0.05, 0) is 102 Å². The van der Waals surface area contributed by atoms with E-state index >= 15 is 0 Å². The number of pyridine rings is 3. The number of hydrogen-bond donors (Lipinski definition) is 1. The van der Waals surface area contributed by atoms with Gasteiger partial charge in [0.15, 0.2) is 0 Å². The minimum atomic E-state index is -1.46. The molecule has 3 heterocycles. The molecule has 224 valence electrons. The number of hydrogen-bond acceptors (Lipinski definition) is 8. The van der Waals surface area contributed by atoms with E-state index in [1.54, 1.807) is 13.3 Å². The Balaban J connectivity index is 2.10. The molecule has 0 aliphatic carbocycles. The van der Waals surface area contributed by atoms with Crippen molar-refractivity contribution < 1.29 is 19.3 Å². The van der Waals surface area contributed by atoms with Gasteiger partial charge < -0.3 is 24.2 Å². The summed E-state index contributed by atoms with van der Waals surface area (Å²) in [6, 6.07) is 13.6. The number of methoxy groups -OCH3 is 1. The molecule has 0 aliphatic rings. The first-order valence-corrected chi connectivity index (χ1v) is 15.0. The van der Waals surface area contributed by atoms with Crippen LogP contribution in [0.1, 0.15) is 61.1 Å². The summed E-state index contributed by atoms with van der Waals surface area (Å²) >= 11 is 3.61. The van der Waals surface area contributed by atoms with Crippen LogP contribution < -0.4 is 14.2 Å². The van der Waals surface area contributed by atoms with Crippen molar-refractivity contribution in [2.75, 3.05) is 34.4 Å². The molecule has 8 nitrogen and oxygen atoms in total. The van der Waals surface area contributed by atoms with Crippen LogP contribution in [0.15, 0.2) is 53.1 Å². The molecule has 1 aromatic carbocycles. The van der Waals surface area contributed by atoms with E-state index in [0.29, 0.717) is 42.8 Å². The first kappa shape index (κ1) is 31.7. The van der Waals surface area contributed by atoms with E-state index < -0.39 is 11.5 Å². The van der Waals surface area contributed by atoms with Gasteiger partial charge in [-0.2, -0.15) is 4.98 Å². The highest BCUT2D eigenvalue weighted by atomic mass is 79.9. The number of aromatic nitrogens is 3. The van der Waals surface area contributed by atoms with Crippen LogP contribution in [0, 0.1) is 13.8 Å². The number of aliphatic hydroxyl groups is 1. The number of nitrogens with zero attached hydrogens (tertiary/aromatic N) is 4. The maximum Gasteiger partial charge on any atom is 0.217 e. The van der Waals surface area contributed by atoms with Crippen LogP contribution in [0.5, 0.6) is 17.6 Å². The monoisotopic (exact) mass is 636 g/mol. The zero-order valence-corrected chi connectivity index (χ0v) is 27.3. The molecule has 9 heteroatoms. The number of halogens is 1. The Morgan fingerprint density at radius 1 is 1.00 bits per heavy atom. The molecule has 4 aromatic rings. The molecule has 2 atom stereocenters. The molecule has 2 unspecified atom stereocenters. The Morgan fingerprint density at radius 2 is 1.74 bits per heavy atom. The SMILES string of the molecule is CCOc1cc(C(O)(CCN(C)C)C(c2cc3cc(Br)ccc3nc2OC)c2ccnc(C)c2C)cc(OC(C)C)n1. The van der Waals surface area contributed by atoms with Crippen LogP contribution in [0.25, 0.3) is 10.9 Å². The van der Waals surface area contributed by atoms with Crippen LogP contribution >= 0.6 is 15.9 Å². The highest BCUT2D eigenvalue weighted by Crippen LogP contribution is 2.49. The fourth-order valence-electron chi connectivity index (χ4n) is 5.28. The molecule has 1 N–H and O–H groups in total. The molecule has 0 bridgehead atoms. The summed E-state index contributed by atoms with van der Waals surface area (Å²) in [6.45, 7) is 10.9. The van der Waals surface area contributed by atoms with Crippen molar-refractivity contribution in [3.8, 4) is 17.6 Å². The Morgan fingerprint density at radius 3 is 2.40 bits per heavy atom. The second-order valence-electron chi connectivity index (χ2n) is 11.1. The zero-order valence-electron chi connectivity index (χ0n) is 25.7. The average molecular weight is 638 g/mol. The molecule has 0 saturated heterocycles. The van der Waals surface area contributed by atoms with Crippen molar-refractivity contribution in [2.24, 2.45) is 0 Å². The van der Waals surface area contributed by atoms with Crippen molar-refractivity contribution >= 4 is 26.8 Å². The molecule has 0 spiro atoms. The van der Waals surface area contributed by atoms with Gasteiger partial charge in [-0.1, -0.05) is 15.9 Å². The van der Waals surface area contributed by atoms with E-state index in [0.717, 1.165) is 37.8 Å². The Bertz CT molecular complexity index is 1540. The van der Waals surface area contributed by atoms with Gasteiger partial charge in [0.1, 0.15) is 5.60 Å². The van der Waals surface area contributed by atoms with Crippen LogP contribution in [0.4, 0.5) is 0 Å². The fraction of sp³-hybridized carbons (Fsp3) is 0.424. The van der Waals surface area contributed by atoms with Crippen molar-refractivity contribution in [3.63, 3.8) is 0 Å². The zero-order chi connectivity index (χ0) is 30.6. The summed E-state index contributed by atoms with van der Waals surface area (Å²) in [5.74, 6) is 0.643. The molecule has 0 amide bonds. The summed E-state index contributed by atoms with van der Waals surface area (Å²) in [5, 5.41) is 14.2. The molecule has 0 fully saturated rings. The number of aryl methyl sites for hydroxylation is 1. The van der Waals surface area contributed by atoms with Crippen LogP contribution in [0.3, 0.4) is 0 Å². The van der Waals surface area contributed by atoms with Gasteiger partial charge in [-0.3, -0.25) is 4.98 Å². The van der Waals surface area contributed by atoms with Crippen molar-refractivity contribution in [3.05, 3.63) is 81.1 Å². The van der Waals surface area contributed by atoms with Crippen LogP contribution in [-0.2, 0) is 5.60 Å². The molecule has 0 radical (unpaired) electrons. The van der Waals surface area contributed by atoms with E-state index in [1.165, 1.54) is 0 Å². The largest absolute Gasteiger partial charge is 0.481 e. The Hall–Kier alpha value is -3.27. The number of benzene rings is 1. The minimum Gasteiger partial charge on any atom is -0.481 e. The predicted molar refractivity (Wildman–Crippen MR) is 170 cm³/mol. The van der Waals surface area contributed by atoms with Crippen molar-refractivity contribution in [1.29, 1.82) is 0 Å². The van der Waals surface area contributed by atoms with Gasteiger partial charge in [0.05, 0.1) is 25.3 Å². The lowest BCUT2D eigenvalue weighted by atomic mass is 9.71. The van der Waals surface area contributed by atoms with Crippen LogP contribution in [-0.4, -0.2) is 65.4 Å². The third-order valence-corrected chi connectivity index (χ3v) is 7.92. The average Bonchev–Trinajstić information content (AvgIpc) is 2.93. The summed E-state index contributed by atoms with van der Waals surface area (Å²) in [6.07, 6.45) is 2.07. The maximum absolute atomic E-state index is 13.2. The normalized spacial score (nSPS) is 13.8. The molecular formula is C33H41BrN4O4. The van der Waals surface area contributed by atoms with E-state index in [9.17, 15) is 5.11 Å². The van der Waals surface area contributed by atoms with Gasteiger partial charge in [0.25, 0.3) is 0 Å². The minimum absolute atomic E-state index is 0.110. The maximum atomic E-state index is 13.2. The topological polar surface area (TPSA) is 89.8 Å². The summed E-state index contributed by atoms with van der Waals surface area (Å²) in [7, 11) is 5.61. The molecule has 42 heavy (non-hydrogen) atoms. The molecule has 0 aliphatic heterocycles. The fourth-order valence-corrected chi connectivity index (χ4v) is 5.65. The van der Waals surface area contributed by atoms with Crippen molar-refractivity contribution in [1.82, 2.24) is 19.9 Å². The van der Waals surface area contributed by atoms with Crippen molar-refractivity contribution in [2.45, 2.75) is 58.7 Å². The van der Waals surface area contributed by atoms with Crippen LogP contribution in [0.2, 0.25) is 0 Å². The van der Waals surface area contributed by atoms with E-state index in [1.807, 2.05) is 85.1 Å². The Kier molecular flexibility index (Phi) is 10.1. The second kappa shape index (κ2) is 13.4. The molecule has 0 saturated carbocycles. The third-order valence-electron chi connectivity index (χ3n) is 7.43. The lowest BCUT2D eigenvalue weighted by Crippen LogP contribution is -2.38. The van der Waals surface area contributed by atoms with E-state index in [4.69, 9.17) is 19.2 Å². The standard InChI is InChI=1S/C33H41BrN4O4/c1-9-41-29-18-24(19-30(37-29)42-20(2)3)33(39,13-15-38(6)7)31(26-12-14-35-22(5)21(26)4)27-17-23-16-25(34)10-11-28(23)36-32(27)40-8/h10-12,14,16-20,31,39H,9,13,15H2,1-8H3. The Labute approximate surface area is 257 Å². The number of rotatable bonds is 12. The summed E-state index contributed by atoms with van der Waals surface area (Å²) in [5.41, 5.74) is 3.54. The van der Waals surface area contributed by atoms with E-state index in [-0.39, 0.29) is 6.10 Å². The quantitative estimate of drug-likeness (QED) is 0.187. The first-order chi connectivity index (χ1) is 20.0.